The Morgan fingerprint density at radius 3 is 2.81 bits per heavy atom. The summed E-state index contributed by atoms with van der Waals surface area (Å²) < 4.78 is 12.1. The van der Waals surface area contributed by atoms with E-state index in [-0.39, 0.29) is 12.0 Å². The number of ether oxygens (including phenoxy) is 2. The molecule has 0 aromatic carbocycles. The molecule has 170 valence electrons. The molecule has 5 rings (SSSR count). The smallest absolute Gasteiger partial charge is 0.234 e. The van der Waals surface area contributed by atoms with Gasteiger partial charge in [-0.2, -0.15) is 5.26 Å². The summed E-state index contributed by atoms with van der Waals surface area (Å²) in [5.41, 5.74) is 6.68. The maximum atomic E-state index is 11.7. The molecule has 3 heterocycles. The van der Waals surface area contributed by atoms with Crippen molar-refractivity contribution in [2.24, 2.45) is 11.7 Å². The Balaban J connectivity index is 1.32. The van der Waals surface area contributed by atoms with Crippen molar-refractivity contribution in [3.63, 3.8) is 0 Å². The number of rotatable bonds is 6. The van der Waals surface area contributed by atoms with E-state index in [1.165, 1.54) is 10.4 Å². The van der Waals surface area contributed by atoms with Gasteiger partial charge in [-0.05, 0) is 62.5 Å². The summed E-state index contributed by atoms with van der Waals surface area (Å²) in [7, 11) is 0. The maximum absolute atomic E-state index is 11.7. The van der Waals surface area contributed by atoms with Crippen molar-refractivity contribution in [1.29, 1.82) is 5.26 Å². The first-order chi connectivity index (χ1) is 15.6. The number of primary amides is 1. The third-order valence-corrected chi connectivity index (χ3v) is 8.49. The molecule has 8 heteroatoms. The molecule has 2 fully saturated rings. The minimum atomic E-state index is -0.752. The van der Waals surface area contributed by atoms with Crippen LogP contribution in [0.25, 0.3) is 10.2 Å². The van der Waals surface area contributed by atoms with Crippen molar-refractivity contribution >= 4 is 27.5 Å². The summed E-state index contributed by atoms with van der Waals surface area (Å²) >= 11 is 1.72. The van der Waals surface area contributed by atoms with Crippen LogP contribution in [0.5, 0.6) is 5.75 Å². The van der Waals surface area contributed by atoms with Crippen LogP contribution in [0.4, 0.5) is 0 Å². The zero-order valence-corrected chi connectivity index (χ0v) is 19.1. The predicted octanol–water partition coefficient (Wildman–Crippen LogP) is 3.36. The van der Waals surface area contributed by atoms with Crippen LogP contribution in [0.15, 0.2) is 12.3 Å². The molecule has 0 spiro atoms. The molecule has 7 nitrogen and oxygen atoms in total. The van der Waals surface area contributed by atoms with Gasteiger partial charge < -0.3 is 15.2 Å². The van der Waals surface area contributed by atoms with E-state index >= 15 is 0 Å². The number of hydrogen-bond acceptors (Lipinski definition) is 7. The molecule has 3 aliphatic rings. The van der Waals surface area contributed by atoms with E-state index in [1.807, 2.05) is 12.3 Å². The molecule has 1 saturated carbocycles. The highest BCUT2D eigenvalue weighted by molar-refractivity contribution is 7.19. The van der Waals surface area contributed by atoms with Crippen LogP contribution in [-0.2, 0) is 16.0 Å². The molecule has 2 aromatic heterocycles. The lowest BCUT2D eigenvalue weighted by Crippen LogP contribution is -2.46. The van der Waals surface area contributed by atoms with Crippen LogP contribution in [0.1, 0.15) is 54.9 Å². The van der Waals surface area contributed by atoms with E-state index < -0.39 is 11.8 Å². The van der Waals surface area contributed by atoms with Crippen molar-refractivity contribution in [1.82, 2.24) is 9.88 Å². The average Bonchev–Trinajstić information content (AvgIpc) is 3.38. The molecule has 0 unspecified atom stereocenters. The van der Waals surface area contributed by atoms with Gasteiger partial charge in [0.15, 0.2) is 0 Å². The molecule has 2 N–H and O–H groups in total. The molecule has 0 bridgehead atoms. The Morgan fingerprint density at radius 2 is 2.09 bits per heavy atom. The van der Waals surface area contributed by atoms with Crippen molar-refractivity contribution < 1.29 is 14.3 Å². The van der Waals surface area contributed by atoms with E-state index in [2.05, 4.69) is 16.0 Å². The number of fused-ring (bicyclic) bond motifs is 3. The van der Waals surface area contributed by atoms with Crippen LogP contribution in [-0.4, -0.2) is 54.2 Å². The van der Waals surface area contributed by atoms with Crippen molar-refractivity contribution in [3.05, 3.63) is 22.7 Å². The SMILES string of the molecule is N#C[C@H](C[C@H]1CCc2sc3nccc(O[C@H]4CC[C@H](N5CCOCC5)CC4)c3c21)C(N)=O. The standard InChI is InChI=1S/C24H30N4O3S/c25-14-16(23(26)29)13-15-1-6-20-21(15)22-19(7-8-27-24(22)32-20)31-18-4-2-17(3-5-18)28-9-11-30-12-10-28/h7-8,15-18H,1-6,9-13H2,(H2,26,29)/t15-,16+,17-,18-/m1/s1. The fourth-order valence-corrected chi connectivity index (χ4v) is 6.89. The first-order valence-electron chi connectivity index (χ1n) is 11.7. The summed E-state index contributed by atoms with van der Waals surface area (Å²) in [5.74, 6) is -0.231. The number of aryl methyl sites for hydroxylation is 1. The number of hydrogen-bond donors (Lipinski definition) is 1. The van der Waals surface area contributed by atoms with E-state index in [0.29, 0.717) is 12.5 Å². The molecule has 1 aliphatic heterocycles. The number of thiophene rings is 1. The highest BCUT2D eigenvalue weighted by Gasteiger charge is 2.34. The Hall–Kier alpha value is -2.21. The van der Waals surface area contributed by atoms with Crippen molar-refractivity contribution in [2.45, 2.75) is 63.0 Å². The number of nitriles is 1. The van der Waals surface area contributed by atoms with Gasteiger partial charge in [0.25, 0.3) is 0 Å². The number of aromatic nitrogens is 1. The van der Waals surface area contributed by atoms with Crippen molar-refractivity contribution in [3.8, 4) is 11.8 Å². The third kappa shape index (κ3) is 4.21. The zero-order valence-electron chi connectivity index (χ0n) is 18.3. The lowest BCUT2D eigenvalue weighted by atomic mass is 9.89. The average molecular weight is 455 g/mol. The Labute approximate surface area is 192 Å². The van der Waals surface area contributed by atoms with Gasteiger partial charge in [-0.1, -0.05) is 0 Å². The highest BCUT2D eigenvalue weighted by atomic mass is 32.1. The number of nitrogens with zero attached hydrogens (tertiary/aromatic N) is 3. The van der Waals surface area contributed by atoms with Crippen LogP contribution in [0.3, 0.4) is 0 Å². The summed E-state index contributed by atoms with van der Waals surface area (Å²) in [5, 5.41) is 10.4. The van der Waals surface area contributed by atoms with Gasteiger partial charge in [-0.15, -0.1) is 11.3 Å². The maximum Gasteiger partial charge on any atom is 0.234 e. The predicted molar refractivity (Wildman–Crippen MR) is 123 cm³/mol. The number of amides is 1. The van der Waals surface area contributed by atoms with Gasteiger partial charge in [0.2, 0.25) is 5.91 Å². The number of pyridine rings is 1. The van der Waals surface area contributed by atoms with Gasteiger partial charge in [0, 0.05) is 30.2 Å². The second-order valence-electron chi connectivity index (χ2n) is 9.18. The van der Waals surface area contributed by atoms with Crippen molar-refractivity contribution in [2.75, 3.05) is 26.3 Å². The van der Waals surface area contributed by atoms with Gasteiger partial charge in [0.05, 0.1) is 30.8 Å². The lowest BCUT2D eigenvalue weighted by Gasteiger charge is -2.38. The molecule has 2 aromatic rings. The normalized spacial score (nSPS) is 27.0. The number of carbonyl (C=O) groups excluding carboxylic acids is 1. The highest BCUT2D eigenvalue weighted by Crippen LogP contribution is 2.48. The summed E-state index contributed by atoms with van der Waals surface area (Å²) in [6, 6.07) is 4.70. The van der Waals surface area contributed by atoms with Gasteiger partial charge in [-0.3, -0.25) is 9.69 Å². The topological polar surface area (TPSA) is 101 Å². The van der Waals surface area contributed by atoms with E-state index in [9.17, 15) is 10.1 Å². The van der Waals surface area contributed by atoms with Gasteiger partial charge in [-0.25, -0.2) is 4.98 Å². The molecule has 1 saturated heterocycles. The monoisotopic (exact) mass is 454 g/mol. The fraction of sp³-hybridized carbons (Fsp3) is 0.625. The number of nitrogens with two attached hydrogens (primary N) is 1. The second kappa shape index (κ2) is 9.34. The van der Waals surface area contributed by atoms with Crippen LogP contribution in [0.2, 0.25) is 0 Å². The Kier molecular flexibility index (Phi) is 6.31. The molecule has 32 heavy (non-hydrogen) atoms. The molecule has 2 atom stereocenters. The number of carbonyl (C=O) groups is 1. The minimum absolute atomic E-state index is 0.152. The van der Waals surface area contributed by atoms with Crippen LogP contribution < -0.4 is 10.5 Å². The molecule has 2 aliphatic carbocycles. The van der Waals surface area contributed by atoms with Crippen LogP contribution >= 0.6 is 11.3 Å². The number of morpholine rings is 1. The second-order valence-corrected chi connectivity index (χ2v) is 10.3. The van der Waals surface area contributed by atoms with Gasteiger partial charge in [0.1, 0.15) is 16.5 Å². The molecule has 1 amide bonds. The quantitative estimate of drug-likeness (QED) is 0.718. The van der Waals surface area contributed by atoms with E-state index in [0.717, 1.165) is 80.8 Å². The molecular formula is C24H30N4O3S. The molecule has 0 radical (unpaired) electrons. The summed E-state index contributed by atoms with van der Waals surface area (Å²) in [6.45, 7) is 3.77. The first-order valence-corrected chi connectivity index (χ1v) is 12.5. The van der Waals surface area contributed by atoms with Crippen LogP contribution in [0, 0.1) is 17.2 Å². The Bertz CT molecular complexity index is 1020. The summed E-state index contributed by atoms with van der Waals surface area (Å²) in [4.78, 5) is 21.1. The summed E-state index contributed by atoms with van der Waals surface area (Å²) in [6.07, 6.45) is 8.86. The molecular weight excluding hydrogens is 424 g/mol. The zero-order chi connectivity index (χ0) is 22.1. The Morgan fingerprint density at radius 1 is 1.31 bits per heavy atom. The van der Waals surface area contributed by atoms with E-state index in [4.69, 9.17) is 15.2 Å². The van der Waals surface area contributed by atoms with Gasteiger partial charge >= 0.3 is 0 Å². The lowest BCUT2D eigenvalue weighted by molar-refractivity contribution is -0.120. The minimum Gasteiger partial charge on any atom is -0.490 e. The first kappa shape index (κ1) is 21.6. The largest absolute Gasteiger partial charge is 0.490 e. The fourth-order valence-electron chi connectivity index (χ4n) is 5.63. The third-order valence-electron chi connectivity index (χ3n) is 7.31. The van der Waals surface area contributed by atoms with E-state index in [1.54, 1.807) is 11.3 Å².